The molecule has 0 atom stereocenters. The van der Waals surface area contributed by atoms with Crippen LogP contribution in [0.25, 0.3) is 6.08 Å². The number of ketones is 1. The van der Waals surface area contributed by atoms with Crippen molar-refractivity contribution in [3.8, 4) is 0 Å². The fraction of sp³-hybridized carbons (Fsp3) is 0.267. The number of carbonyl (C=O) groups excluding carboxylic acids is 1. The fourth-order valence-electron chi connectivity index (χ4n) is 1.52. The van der Waals surface area contributed by atoms with E-state index in [-0.39, 0.29) is 5.78 Å². The molecule has 0 aliphatic heterocycles. The molecule has 0 amide bonds. The summed E-state index contributed by atoms with van der Waals surface area (Å²) in [4.78, 5) is 20.8. The van der Waals surface area contributed by atoms with Gasteiger partial charge in [0.25, 0.3) is 0 Å². The third kappa shape index (κ3) is 3.61. The van der Waals surface area contributed by atoms with E-state index in [0.717, 1.165) is 5.56 Å². The summed E-state index contributed by atoms with van der Waals surface area (Å²) in [5.74, 6) is 0.243. The van der Waals surface area contributed by atoms with Gasteiger partial charge in [-0.1, -0.05) is 12.7 Å². The highest BCUT2D eigenvalue weighted by molar-refractivity contribution is 6.11. The lowest BCUT2D eigenvalue weighted by molar-refractivity contribution is 0.103. The molecule has 1 aromatic rings. The monoisotopic (exact) mass is 258 g/mol. The summed E-state index contributed by atoms with van der Waals surface area (Å²) in [5.41, 5.74) is 2.29. The van der Waals surface area contributed by atoms with E-state index in [1.54, 1.807) is 38.3 Å². The molecule has 4 heteroatoms. The Morgan fingerprint density at radius 3 is 2.74 bits per heavy atom. The average molecular weight is 258 g/mol. The summed E-state index contributed by atoms with van der Waals surface area (Å²) < 4.78 is 4.97. The minimum Gasteiger partial charge on any atom is -0.484 e. The van der Waals surface area contributed by atoms with Crippen molar-refractivity contribution >= 4 is 17.8 Å². The summed E-state index contributed by atoms with van der Waals surface area (Å²) in [7, 11) is 1.51. The SMILES string of the molecule is C=Cc1ncc(C)cc1C(=O)/C(=C/C)N=C(C)OC. The highest BCUT2D eigenvalue weighted by atomic mass is 16.5. The molecule has 1 aromatic heterocycles. The van der Waals surface area contributed by atoms with Gasteiger partial charge in [-0.3, -0.25) is 9.78 Å². The van der Waals surface area contributed by atoms with Crippen LogP contribution < -0.4 is 0 Å². The minimum absolute atomic E-state index is 0.190. The first-order valence-corrected chi connectivity index (χ1v) is 5.92. The van der Waals surface area contributed by atoms with E-state index >= 15 is 0 Å². The lowest BCUT2D eigenvalue weighted by atomic mass is 10.0. The molecule has 1 rings (SSSR count). The number of aliphatic imine (C=N–C) groups is 1. The number of aryl methyl sites for hydroxylation is 1. The molecule has 4 nitrogen and oxygen atoms in total. The molecule has 0 aliphatic rings. The lowest BCUT2D eigenvalue weighted by Crippen LogP contribution is -2.08. The maximum atomic E-state index is 12.4. The Balaban J connectivity index is 3.26. The van der Waals surface area contributed by atoms with Crippen molar-refractivity contribution in [2.75, 3.05) is 7.11 Å². The first-order chi connectivity index (χ1) is 9.03. The normalized spacial score (nSPS) is 12.2. The molecule has 19 heavy (non-hydrogen) atoms. The first-order valence-electron chi connectivity index (χ1n) is 5.92. The van der Waals surface area contributed by atoms with Gasteiger partial charge in [0.05, 0.1) is 18.4 Å². The van der Waals surface area contributed by atoms with Gasteiger partial charge < -0.3 is 4.74 Å². The Bertz CT molecular complexity index is 557. The van der Waals surface area contributed by atoms with Crippen molar-refractivity contribution in [3.05, 3.63) is 47.4 Å². The van der Waals surface area contributed by atoms with E-state index in [1.165, 1.54) is 7.11 Å². The van der Waals surface area contributed by atoms with Gasteiger partial charge in [0, 0.05) is 13.1 Å². The largest absolute Gasteiger partial charge is 0.484 e. The third-order valence-corrected chi connectivity index (χ3v) is 2.57. The average Bonchev–Trinajstić information content (AvgIpc) is 2.43. The number of methoxy groups -OCH3 is 1. The van der Waals surface area contributed by atoms with E-state index in [4.69, 9.17) is 4.74 Å². The number of hydrogen-bond acceptors (Lipinski definition) is 4. The Hall–Kier alpha value is -2.23. The second-order valence-electron chi connectivity index (χ2n) is 3.99. The predicted molar refractivity (Wildman–Crippen MR) is 77.3 cm³/mol. The molecule has 0 unspecified atom stereocenters. The number of rotatable bonds is 4. The van der Waals surface area contributed by atoms with E-state index in [2.05, 4.69) is 16.6 Å². The number of nitrogens with zero attached hydrogens (tertiary/aromatic N) is 2. The smallest absolute Gasteiger partial charge is 0.213 e. The van der Waals surface area contributed by atoms with E-state index in [1.807, 2.05) is 6.92 Å². The topological polar surface area (TPSA) is 51.5 Å². The van der Waals surface area contributed by atoms with Gasteiger partial charge >= 0.3 is 0 Å². The van der Waals surface area contributed by atoms with Crippen molar-refractivity contribution in [3.63, 3.8) is 0 Å². The highest BCUT2D eigenvalue weighted by Gasteiger charge is 2.15. The van der Waals surface area contributed by atoms with Crippen LogP contribution >= 0.6 is 0 Å². The van der Waals surface area contributed by atoms with Crippen LogP contribution in [0.5, 0.6) is 0 Å². The predicted octanol–water partition coefficient (Wildman–Crippen LogP) is 3.18. The number of carbonyl (C=O) groups is 1. The Kier molecular flexibility index (Phi) is 5.18. The van der Waals surface area contributed by atoms with Crippen molar-refractivity contribution in [1.29, 1.82) is 0 Å². The van der Waals surface area contributed by atoms with Gasteiger partial charge in [0.2, 0.25) is 5.78 Å². The Labute approximate surface area is 113 Å². The van der Waals surface area contributed by atoms with Crippen LogP contribution in [0.3, 0.4) is 0 Å². The molecule has 0 saturated carbocycles. The lowest BCUT2D eigenvalue weighted by Gasteiger charge is -2.07. The van der Waals surface area contributed by atoms with Gasteiger partial charge in [0.1, 0.15) is 5.70 Å². The molecule has 0 saturated heterocycles. The summed E-state index contributed by atoms with van der Waals surface area (Å²) in [5, 5.41) is 0. The van der Waals surface area contributed by atoms with Crippen LogP contribution in [-0.2, 0) is 4.74 Å². The number of hydrogen-bond donors (Lipinski definition) is 0. The minimum atomic E-state index is -0.190. The maximum Gasteiger partial charge on any atom is 0.213 e. The zero-order chi connectivity index (χ0) is 14.4. The van der Waals surface area contributed by atoms with Crippen LogP contribution in [0.15, 0.2) is 35.6 Å². The maximum absolute atomic E-state index is 12.4. The zero-order valence-corrected chi connectivity index (χ0v) is 11.7. The van der Waals surface area contributed by atoms with Crippen molar-refractivity contribution < 1.29 is 9.53 Å². The van der Waals surface area contributed by atoms with Gasteiger partial charge in [-0.25, -0.2) is 4.99 Å². The quantitative estimate of drug-likeness (QED) is 0.361. The van der Waals surface area contributed by atoms with E-state index in [0.29, 0.717) is 22.9 Å². The van der Waals surface area contributed by atoms with Gasteiger partial charge in [-0.05, 0) is 31.6 Å². The molecular weight excluding hydrogens is 240 g/mol. The third-order valence-electron chi connectivity index (χ3n) is 2.57. The molecule has 100 valence electrons. The Morgan fingerprint density at radius 1 is 1.53 bits per heavy atom. The fourth-order valence-corrected chi connectivity index (χ4v) is 1.52. The second kappa shape index (κ2) is 6.64. The highest BCUT2D eigenvalue weighted by Crippen LogP contribution is 2.16. The summed E-state index contributed by atoms with van der Waals surface area (Å²) in [6, 6.07) is 1.79. The summed E-state index contributed by atoms with van der Waals surface area (Å²) in [6.07, 6.45) is 4.92. The zero-order valence-electron chi connectivity index (χ0n) is 11.7. The summed E-state index contributed by atoms with van der Waals surface area (Å²) >= 11 is 0. The number of ether oxygens (including phenoxy) is 1. The molecule has 0 aromatic carbocycles. The molecule has 0 N–H and O–H groups in total. The number of allylic oxidation sites excluding steroid dienone is 2. The van der Waals surface area contributed by atoms with Crippen LogP contribution in [0.2, 0.25) is 0 Å². The molecule has 1 heterocycles. The number of pyridine rings is 1. The van der Waals surface area contributed by atoms with Crippen LogP contribution in [0.4, 0.5) is 0 Å². The standard InChI is InChI=1S/C15H18N2O2/c1-6-13-12(8-10(3)9-16-13)15(18)14(7-2)17-11(4)19-5/h6-9H,1H2,2-5H3/b14-7-,17-11?. The number of Topliss-reactive ketones (excluding diaryl/α,β-unsaturated/α-hetero) is 1. The molecular formula is C15H18N2O2. The van der Waals surface area contributed by atoms with Crippen LogP contribution in [0.1, 0.15) is 35.5 Å². The second-order valence-corrected chi connectivity index (χ2v) is 3.99. The molecule has 0 fully saturated rings. The first kappa shape index (κ1) is 14.8. The van der Waals surface area contributed by atoms with Gasteiger partial charge in [-0.2, -0.15) is 0 Å². The molecule has 0 radical (unpaired) electrons. The van der Waals surface area contributed by atoms with E-state index < -0.39 is 0 Å². The van der Waals surface area contributed by atoms with Crippen molar-refractivity contribution in [2.45, 2.75) is 20.8 Å². The van der Waals surface area contributed by atoms with Crippen LogP contribution in [0, 0.1) is 6.92 Å². The summed E-state index contributed by atoms with van der Waals surface area (Å²) in [6.45, 7) is 9.01. The van der Waals surface area contributed by atoms with Gasteiger partial charge in [-0.15, -0.1) is 0 Å². The van der Waals surface area contributed by atoms with E-state index in [9.17, 15) is 4.79 Å². The molecule has 0 bridgehead atoms. The van der Waals surface area contributed by atoms with Gasteiger partial charge in [0.15, 0.2) is 5.90 Å². The van der Waals surface area contributed by atoms with Crippen molar-refractivity contribution in [2.24, 2.45) is 4.99 Å². The van der Waals surface area contributed by atoms with Crippen molar-refractivity contribution in [1.82, 2.24) is 4.98 Å². The van der Waals surface area contributed by atoms with Crippen LogP contribution in [-0.4, -0.2) is 23.8 Å². The molecule has 0 aliphatic carbocycles. The Morgan fingerprint density at radius 2 is 2.21 bits per heavy atom. The number of aromatic nitrogens is 1. The molecule has 0 spiro atoms.